The van der Waals surface area contributed by atoms with Crippen molar-refractivity contribution in [2.75, 3.05) is 15.1 Å². The molecule has 0 spiro atoms. The molecule has 0 saturated heterocycles. The highest BCUT2D eigenvalue weighted by molar-refractivity contribution is 6.74. The molecule has 0 unspecified atom stereocenters. The molecule has 0 radical (unpaired) electrons. The van der Waals surface area contributed by atoms with Crippen molar-refractivity contribution in [3.63, 3.8) is 0 Å². The Morgan fingerprint density at radius 3 is 1.62 bits per heavy atom. The fraction of sp³-hybridized carbons (Fsp3) is 0. The third-order valence-corrected chi connectivity index (χ3v) is 13.8. The SMILES string of the molecule is B1c2ccc(N(c3ccccc3)c3ccccc3)cc2N(c2cccc(-c3ccccc3)c2)c2c1c(-c1cc(-c3ccccc3)ccc1Nc1cccc(-c3ccccc3)c1)cc1c2oc2ccccc21. The second-order valence-corrected chi connectivity index (χ2v) is 18.2. The first-order valence-electron chi connectivity index (χ1n) is 24.3. The monoisotopic (exact) mass is 907 g/mol. The van der Waals surface area contributed by atoms with Crippen molar-refractivity contribution >= 4 is 85.6 Å². The fourth-order valence-electron chi connectivity index (χ4n) is 10.5. The lowest BCUT2D eigenvalue weighted by Gasteiger charge is -2.36. The van der Waals surface area contributed by atoms with Crippen molar-refractivity contribution in [3.05, 3.63) is 267 Å². The van der Waals surface area contributed by atoms with Crippen LogP contribution in [-0.4, -0.2) is 7.28 Å². The van der Waals surface area contributed by atoms with Crippen LogP contribution in [-0.2, 0) is 0 Å². The quantitative estimate of drug-likeness (QED) is 0.139. The topological polar surface area (TPSA) is 31.6 Å². The van der Waals surface area contributed by atoms with Gasteiger partial charge in [0, 0.05) is 56.1 Å². The van der Waals surface area contributed by atoms with Gasteiger partial charge in [0.2, 0.25) is 0 Å². The van der Waals surface area contributed by atoms with Crippen LogP contribution in [0.2, 0.25) is 0 Å². The molecule has 1 aliphatic heterocycles. The van der Waals surface area contributed by atoms with Gasteiger partial charge in [0.15, 0.2) is 12.9 Å². The summed E-state index contributed by atoms with van der Waals surface area (Å²) in [6.45, 7) is 0. The summed E-state index contributed by atoms with van der Waals surface area (Å²) in [6, 6.07) is 95.7. The first-order chi connectivity index (χ1) is 35.2. The van der Waals surface area contributed by atoms with E-state index in [9.17, 15) is 0 Å². The van der Waals surface area contributed by atoms with E-state index in [0.717, 1.165) is 106 Å². The normalized spacial score (nSPS) is 11.7. The first kappa shape index (κ1) is 41.8. The molecule has 13 rings (SSSR count). The highest BCUT2D eigenvalue weighted by Crippen LogP contribution is 2.48. The fourth-order valence-corrected chi connectivity index (χ4v) is 10.5. The van der Waals surface area contributed by atoms with Crippen LogP contribution < -0.4 is 26.0 Å². The maximum Gasteiger partial charge on any atom is 0.198 e. The minimum atomic E-state index is 0.678. The summed E-state index contributed by atoms with van der Waals surface area (Å²) in [5.74, 6) is 0. The number of rotatable bonds is 10. The second kappa shape index (κ2) is 18.0. The molecule has 4 nitrogen and oxygen atoms in total. The Hall–Kier alpha value is -9.32. The number of para-hydroxylation sites is 3. The molecule has 334 valence electrons. The zero-order chi connectivity index (χ0) is 47.1. The van der Waals surface area contributed by atoms with E-state index >= 15 is 0 Å². The molecule has 1 aromatic heterocycles. The van der Waals surface area contributed by atoms with Crippen LogP contribution in [0.1, 0.15) is 0 Å². The van der Waals surface area contributed by atoms with Crippen molar-refractivity contribution in [2.24, 2.45) is 0 Å². The number of benzene rings is 11. The van der Waals surface area contributed by atoms with Crippen molar-refractivity contribution in [3.8, 4) is 44.5 Å². The van der Waals surface area contributed by atoms with Crippen LogP contribution in [0, 0.1) is 0 Å². The molecule has 5 heteroatoms. The molecule has 12 aromatic rings. The van der Waals surface area contributed by atoms with Gasteiger partial charge in [-0.05, 0) is 129 Å². The Balaban J connectivity index is 1.08. The lowest BCUT2D eigenvalue weighted by Crippen LogP contribution is -2.41. The smallest absolute Gasteiger partial charge is 0.198 e. The summed E-state index contributed by atoms with van der Waals surface area (Å²) in [7, 11) is 0.678. The van der Waals surface area contributed by atoms with Crippen molar-refractivity contribution < 1.29 is 4.42 Å². The lowest BCUT2D eigenvalue weighted by atomic mass is 9.58. The van der Waals surface area contributed by atoms with E-state index in [1.54, 1.807) is 0 Å². The highest BCUT2D eigenvalue weighted by Gasteiger charge is 2.33. The maximum absolute atomic E-state index is 7.15. The van der Waals surface area contributed by atoms with Crippen LogP contribution in [0.3, 0.4) is 0 Å². The molecule has 0 amide bonds. The molecular formula is C66H46BN3O. The number of nitrogens with zero attached hydrogens (tertiary/aromatic N) is 2. The number of anilines is 8. The summed E-state index contributed by atoms with van der Waals surface area (Å²) in [4.78, 5) is 4.82. The number of furan rings is 1. The van der Waals surface area contributed by atoms with E-state index in [4.69, 9.17) is 4.42 Å². The molecule has 1 aliphatic rings. The summed E-state index contributed by atoms with van der Waals surface area (Å²) in [6.07, 6.45) is 0. The van der Waals surface area contributed by atoms with Gasteiger partial charge in [-0.1, -0.05) is 187 Å². The Bertz CT molecular complexity index is 3840. The van der Waals surface area contributed by atoms with E-state index < -0.39 is 0 Å². The predicted molar refractivity (Wildman–Crippen MR) is 301 cm³/mol. The number of fused-ring (bicyclic) bond motifs is 6. The van der Waals surface area contributed by atoms with Crippen molar-refractivity contribution in [1.29, 1.82) is 0 Å². The van der Waals surface area contributed by atoms with Crippen LogP contribution >= 0.6 is 0 Å². The van der Waals surface area contributed by atoms with Crippen LogP contribution in [0.15, 0.2) is 271 Å². The minimum Gasteiger partial charge on any atom is -0.454 e. The van der Waals surface area contributed by atoms with Gasteiger partial charge in [-0.3, -0.25) is 0 Å². The zero-order valence-corrected chi connectivity index (χ0v) is 38.9. The first-order valence-corrected chi connectivity index (χ1v) is 24.3. The Labute approximate surface area is 414 Å². The van der Waals surface area contributed by atoms with Gasteiger partial charge in [-0.25, -0.2) is 0 Å². The third-order valence-electron chi connectivity index (χ3n) is 13.8. The van der Waals surface area contributed by atoms with Gasteiger partial charge in [0.1, 0.15) is 5.58 Å². The number of hydrogen-bond donors (Lipinski definition) is 1. The zero-order valence-electron chi connectivity index (χ0n) is 38.9. The lowest BCUT2D eigenvalue weighted by molar-refractivity contribution is 0.669. The average Bonchev–Trinajstić information content (AvgIpc) is 3.83. The summed E-state index contributed by atoms with van der Waals surface area (Å²) in [5, 5.41) is 6.08. The summed E-state index contributed by atoms with van der Waals surface area (Å²) >= 11 is 0. The van der Waals surface area contributed by atoms with Crippen LogP contribution in [0.4, 0.5) is 45.5 Å². The third kappa shape index (κ3) is 7.80. The number of hydrogen-bond acceptors (Lipinski definition) is 4. The van der Waals surface area contributed by atoms with E-state index in [0.29, 0.717) is 7.28 Å². The molecule has 11 aromatic carbocycles. The molecule has 0 saturated carbocycles. The summed E-state index contributed by atoms with van der Waals surface area (Å²) in [5.41, 5.74) is 21.8. The number of nitrogens with one attached hydrogen (secondary N) is 1. The van der Waals surface area contributed by atoms with Gasteiger partial charge in [0.25, 0.3) is 0 Å². The minimum absolute atomic E-state index is 0.678. The maximum atomic E-state index is 7.15. The Morgan fingerprint density at radius 1 is 0.394 bits per heavy atom. The van der Waals surface area contributed by atoms with E-state index in [-0.39, 0.29) is 0 Å². The molecule has 71 heavy (non-hydrogen) atoms. The molecular weight excluding hydrogens is 862 g/mol. The molecule has 2 heterocycles. The van der Waals surface area contributed by atoms with Crippen LogP contribution in [0.5, 0.6) is 0 Å². The van der Waals surface area contributed by atoms with Gasteiger partial charge in [-0.15, -0.1) is 0 Å². The van der Waals surface area contributed by atoms with E-state index in [2.05, 4.69) is 282 Å². The summed E-state index contributed by atoms with van der Waals surface area (Å²) < 4.78 is 7.15. The van der Waals surface area contributed by atoms with Crippen LogP contribution in [0.25, 0.3) is 66.4 Å². The predicted octanol–water partition coefficient (Wildman–Crippen LogP) is 16.6. The van der Waals surface area contributed by atoms with Crippen molar-refractivity contribution in [1.82, 2.24) is 0 Å². The van der Waals surface area contributed by atoms with E-state index in [1.807, 2.05) is 0 Å². The Morgan fingerprint density at radius 2 is 0.958 bits per heavy atom. The van der Waals surface area contributed by atoms with Gasteiger partial charge >= 0.3 is 0 Å². The van der Waals surface area contributed by atoms with Gasteiger partial charge in [-0.2, -0.15) is 0 Å². The molecule has 0 fully saturated rings. The molecule has 0 atom stereocenters. The van der Waals surface area contributed by atoms with Crippen molar-refractivity contribution in [2.45, 2.75) is 0 Å². The van der Waals surface area contributed by atoms with Gasteiger partial charge in [0.05, 0.1) is 5.69 Å². The molecule has 0 bridgehead atoms. The second-order valence-electron chi connectivity index (χ2n) is 18.2. The molecule has 0 aliphatic carbocycles. The van der Waals surface area contributed by atoms with Gasteiger partial charge < -0.3 is 19.5 Å². The Kier molecular flexibility index (Phi) is 10.6. The molecule has 1 N–H and O–H groups in total. The highest BCUT2D eigenvalue weighted by atomic mass is 16.3. The average molecular weight is 908 g/mol. The standard InChI is InChI=1S/C66H46BN3O/c1-6-20-45(21-7-1)48-26-18-28-51(40-48)68-61-39-36-50(47-24-10-3-11-25-47)42-57(61)58-44-59-56-34-16-17-35-63(56)71-66(59)65-64(58)67-60-38-37-55(69(52-29-12-4-13-30-52)53-31-14-5-15-32-53)43-62(60)70(65)54-33-19-27-49(41-54)46-22-8-2-9-23-46/h1-44,67-68H. The van der Waals surface area contributed by atoms with E-state index in [1.165, 1.54) is 16.5 Å². The largest absolute Gasteiger partial charge is 0.454 e.